The van der Waals surface area contributed by atoms with Crippen LogP contribution in [-0.4, -0.2) is 23.0 Å². The summed E-state index contributed by atoms with van der Waals surface area (Å²) in [6.45, 7) is 0. The molecular weight excluding hydrogens is 190 g/mol. The van der Waals surface area contributed by atoms with Gasteiger partial charge in [0, 0.05) is 24.5 Å². The molecule has 4 heteroatoms. The van der Waals surface area contributed by atoms with Crippen LogP contribution in [-0.2, 0) is 11.2 Å². The molecule has 1 aliphatic rings. The van der Waals surface area contributed by atoms with Crippen molar-refractivity contribution in [2.75, 3.05) is 0 Å². The third-order valence-corrected chi connectivity index (χ3v) is 2.63. The second-order valence-corrected chi connectivity index (χ2v) is 4.03. The van der Waals surface area contributed by atoms with E-state index in [0.29, 0.717) is 6.42 Å². The van der Waals surface area contributed by atoms with Crippen molar-refractivity contribution in [2.24, 2.45) is 5.73 Å². The number of carbonyl (C=O) groups excluding carboxylic acids is 1. The molecule has 0 atom stereocenters. The molecule has 1 saturated carbocycles. The van der Waals surface area contributed by atoms with E-state index in [9.17, 15) is 4.79 Å². The molecule has 0 unspecified atom stereocenters. The number of nitrogens with two attached hydrogens (primary N) is 1. The van der Waals surface area contributed by atoms with Crippen LogP contribution in [0.1, 0.15) is 18.4 Å². The quantitative estimate of drug-likeness (QED) is 0.742. The fourth-order valence-corrected chi connectivity index (χ4v) is 1.75. The highest BCUT2D eigenvalue weighted by atomic mass is 16.1. The number of hydrogen-bond donors (Lipinski definition) is 2. The van der Waals surface area contributed by atoms with E-state index in [2.05, 4.69) is 10.3 Å². The zero-order valence-corrected chi connectivity index (χ0v) is 8.52. The number of nitrogens with zero attached hydrogens (tertiary/aromatic N) is 1. The Morgan fingerprint density at radius 3 is 3.00 bits per heavy atom. The van der Waals surface area contributed by atoms with Crippen LogP contribution in [0.5, 0.6) is 0 Å². The molecule has 0 spiro atoms. The molecule has 0 radical (unpaired) electrons. The lowest BCUT2D eigenvalue weighted by Gasteiger charge is -2.32. The maximum Gasteiger partial charge on any atom is 0.224 e. The maximum absolute atomic E-state index is 11.5. The van der Waals surface area contributed by atoms with Crippen LogP contribution < -0.4 is 11.1 Å². The SMILES string of the molecule is NC1CC(NC(=O)Cc2cccnc2)C1. The first-order valence-corrected chi connectivity index (χ1v) is 5.18. The van der Waals surface area contributed by atoms with Gasteiger partial charge in [-0.3, -0.25) is 9.78 Å². The number of rotatable bonds is 3. The molecule has 1 aliphatic carbocycles. The second kappa shape index (κ2) is 4.40. The van der Waals surface area contributed by atoms with Crippen molar-refractivity contribution >= 4 is 5.91 Å². The first kappa shape index (κ1) is 10.1. The van der Waals surface area contributed by atoms with Crippen LogP contribution in [0.25, 0.3) is 0 Å². The number of nitrogens with one attached hydrogen (secondary N) is 1. The van der Waals surface area contributed by atoms with Crippen molar-refractivity contribution < 1.29 is 4.79 Å². The van der Waals surface area contributed by atoms with Gasteiger partial charge in [0.25, 0.3) is 0 Å². The third-order valence-electron chi connectivity index (χ3n) is 2.63. The van der Waals surface area contributed by atoms with E-state index in [1.165, 1.54) is 0 Å². The van der Waals surface area contributed by atoms with E-state index in [1.807, 2.05) is 12.1 Å². The predicted octanol–water partition coefficient (Wildman–Crippen LogP) is 0.230. The molecule has 0 aromatic carbocycles. The Morgan fingerprint density at radius 1 is 1.60 bits per heavy atom. The zero-order chi connectivity index (χ0) is 10.7. The summed E-state index contributed by atoms with van der Waals surface area (Å²) >= 11 is 0. The molecule has 2 rings (SSSR count). The van der Waals surface area contributed by atoms with Crippen molar-refractivity contribution in [2.45, 2.75) is 31.3 Å². The van der Waals surface area contributed by atoms with Gasteiger partial charge in [0.1, 0.15) is 0 Å². The van der Waals surface area contributed by atoms with Crippen molar-refractivity contribution in [3.63, 3.8) is 0 Å². The smallest absolute Gasteiger partial charge is 0.224 e. The van der Waals surface area contributed by atoms with Gasteiger partial charge >= 0.3 is 0 Å². The van der Waals surface area contributed by atoms with Gasteiger partial charge in [0.2, 0.25) is 5.91 Å². The number of pyridine rings is 1. The van der Waals surface area contributed by atoms with E-state index in [4.69, 9.17) is 5.73 Å². The van der Waals surface area contributed by atoms with Crippen LogP contribution in [0.3, 0.4) is 0 Å². The van der Waals surface area contributed by atoms with Gasteiger partial charge in [0.15, 0.2) is 0 Å². The summed E-state index contributed by atoms with van der Waals surface area (Å²) < 4.78 is 0. The summed E-state index contributed by atoms with van der Waals surface area (Å²) in [5.74, 6) is 0.0555. The molecule has 1 aromatic heterocycles. The number of hydrogen-bond acceptors (Lipinski definition) is 3. The topological polar surface area (TPSA) is 68.0 Å². The van der Waals surface area contributed by atoms with E-state index in [0.717, 1.165) is 18.4 Å². The molecular formula is C11H15N3O. The fraction of sp³-hybridized carbons (Fsp3) is 0.455. The van der Waals surface area contributed by atoms with E-state index < -0.39 is 0 Å². The number of amides is 1. The van der Waals surface area contributed by atoms with E-state index >= 15 is 0 Å². The Labute approximate surface area is 88.9 Å². The lowest BCUT2D eigenvalue weighted by atomic mass is 9.87. The minimum atomic E-state index is 0.0555. The highest BCUT2D eigenvalue weighted by Crippen LogP contribution is 2.17. The van der Waals surface area contributed by atoms with Gasteiger partial charge in [-0.1, -0.05) is 6.07 Å². The summed E-state index contributed by atoms with van der Waals surface area (Å²) in [5.41, 5.74) is 6.58. The Hall–Kier alpha value is -1.42. The highest BCUT2D eigenvalue weighted by molar-refractivity contribution is 5.78. The first-order chi connectivity index (χ1) is 7.24. The van der Waals surface area contributed by atoms with Gasteiger partial charge in [-0.25, -0.2) is 0 Å². The second-order valence-electron chi connectivity index (χ2n) is 4.03. The minimum Gasteiger partial charge on any atom is -0.353 e. The van der Waals surface area contributed by atoms with Gasteiger partial charge in [-0.05, 0) is 24.5 Å². The molecule has 1 aromatic rings. The Kier molecular flexibility index (Phi) is 2.97. The fourth-order valence-electron chi connectivity index (χ4n) is 1.75. The lowest BCUT2D eigenvalue weighted by molar-refractivity contribution is -0.121. The lowest BCUT2D eigenvalue weighted by Crippen LogP contribution is -2.50. The van der Waals surface area contributed by atoms with Crippen molar-refractivity contribution in [3.05, 3.63) is 30.1 Å². The Balaban J connectivity index is 1.78. The monoisotopic (exact) mass is 205 g/mol. The van der Waals surface area contributed by atoms with Gasteiger partial charge in [0.05, 0.1) is 6.42 Å². The van der Waals surface area contributed by atoms with Crippen LogP contribution in [0.4, 0.5) is 0 Å². The van der Waals surface area contributed by atoms with Gasteiger partial charge in [-0.15, -0.1) is 0 Å². The number of carbonyl (C=O) groups is 1. The molecule has 0 bridgehead atoms. The van der Waals surface area contributed by atoms with E-state index in [1.54, 1.807) is 12.4 Å². The van der Waals surface area contributed by atoms with Crippen molar-refractivity contribution in [3.8, 4) is 0 Å². The molecule has 1 heterocycles. The molecule has 3 N–H and O–H groups in total. The molecule has 4 nitrogen and oxygen atoms in total. The Morgan fingerprint density at radius 2 is 2.40 bits per heavy atom. The van der Waals surface area contributed by atoms with Gasteiger partial charge < -0.3 is 11.1 Å². The molecule has 80 valence electrons. The summed E-state index contributed by atoms with van der Waals surface area (Å²) in [6.07, 6.45) is 5.62. The summed E-state index contributed by atoms with van der Waals surface area (Å²) in [6, 6.07) is 4.29. The molecule has 15 heavy (non-hydrogen) atoms. The standard InChI is InChI=1S/C11H15N3O/c12-9-5-10(6-9)14-11(15)4-8-2-1-3-13-7-8/h1-3,7,9-10H,4-6,12H2,(H,14,15). The maximum atomic E-state index is 11.5. The van der Waals surface area contributed by atoms with Crippen LogP contribution >= 0.6 is 0 Å². The highest BCUT2D eigenvalue weighted by Gasteiger charge is 2.26. The molecule has 0 saturated heterocycles. The van der Waals surface area contributed by atoms with E-state index in [-0.39, 0.29) is 18.0 Å². The molecule has 1 fully saturated rings. The minimum absolute atomic E-state index is 0.0555. The average molecular weight is 205 g/mol. The normalized spacial score (nSPS) is 24.3. The summed E-state index contributed by atoms with van der Waals surface area (Å²) in [4.78, 5) is 15.5. The van der Waals surface area contributed by atoms with Crippen molar-refractivity contribution in [1.29, 1.82) is 0 Å². The predicted molar refractivity (Wildman–Crippen MR) is 57.1 cm³/mol. The number of aromatic nitrogens is 1. The van der Waals surface area contributed by atoms with Crippen LogP contribution in [0, 0.1) is 0 Å². The average Bonchev–Trinajstić information content (AvgIpc) is 2.17. The van der Waals surface area contributed by atoms with Crippen LogP contribution in [0.15, 0.2) is 24.5 Å². The molecule has 0 aliphatic heterocycles. The summed E-state index contributed by atoms with van der Waals surface area (Å²) in [7, 11) is 0. The van der Waals surface area contributed by atoms with Crippen molar-refractivity contribution in [1.82, 2.24) is 10.3 Å². The zero-order valence-electron chi connectivity index (χ0n) is 8.52. The largest absolute Gasteiger partial charge is 0.353 e. The van der Waals surface area contributed by atoms with Gasteiger partial charge in [-0.2, -0.15) is 0 Å². The third kappa shape index (κ3) is 2.76. The molecule has 1 amide bonds. The summed E-state index contributed by atoms with van der Waals surface area (Å²) in [5, 5.41) is 2.95. The first-order valence-electron chi connectivity index (χ1n) is 5.18. The van der Waals surface area contributed by atoms with Crippen LogP contribution in [0.2, 0.25) is 0 Å². The Bertz CT molecular complexity index is 333.